The number of anilines is 1. The van der Waals surface area contributed by atoms with Gasteiger partial charge in [0.15, 0.2) is 0 Å². The second-order valence-corrected chi connectivity index (χ2v) is 7.88. The van der Waals surface area contributed by atoms with Gasteiger partial charge in [-0.25, -0.2) is 0 Å². The van der Waals surface area contributed by atoms with Crippen LogP contribution in [0.5, 0.6) is 0 Å². The van der Waals surface area contributed by atoms with Gasteiger partial charge in [-0.05, 0) is 36.7 Å². The summed E-state index contributed by atoms with van der Waals surface area (Å²) in [5, 5.41) is 0. The molecule has 2 aromatic rings. The number of ether oxygens (including phenoxy) is 1. The Labute approximate surface area is 178 Å². The third kappa shape index (κ3) is 5.07. The molecule has 1 atom stereocenters. The molecule has 0 unspecified atom stereocenters. The fourth-order valence-electron chi connectivity index (χ4n) is 4.12. The second kappa shape index (κ2) is 9.87. The van der Waals surface area contributed by atoms with E-state index in [9.17, 15) is 9.59 Å². The van der Waals surface area contributed by atoms with E-state index in [-0.39, 0.29) is 17.7 Å². The summed E-state index contributed by atoms with van der Waals surface area (Å²) in [7, 11) is 0. The zero-order chi connectivity index (χ0) is 20.8. The Morgan fingerprint density at radius 1 is 1.03 bits per heavy atom. The minimum absolute atomic E-state index is 0.101. The monoisotopic (exact) mass is 406 g/mol. The molecule has 2 aromatic carbocycles. The maximum atomic E-state index is 13.5. The molecule has 2 aliphatic heterocycles. The average Bonchev–Trinajstić information content (AvgIpc) is 3.27. The summed E-state index contributed by atoms with van der Waals surface area (Å²) >= 11 is 0. The minimum Gasteiger partial charge on any atom is -0.378 e. The van der Waals surface area contributed by atoms with Gasteiger partial charge >= 0.3 is 0 Å². The summed E-state index contributed by atoms with van der Waals surface area (Å²) in [5.74, 6) is 0.146. The lowest BCUT2D eigenvalue weighted by Crippen LogP contribution is -2.45. The summed E-state index contributed by atoms with van der Waals surface area (Å²) in [6, 6.07) is 20.6. The SMILES string of the molecule is O=C(CN1CC[C@@H](C(=O)N(Cc2ccccc2)c2cc[c]cc2)C1)N1CCOCC1. The first kappa shape index (κ1) is 20.6. The van der Waals surface area contributed by atoms with Crippen LogP contribution in [0.2, 0.25) is 0 Å². The summed E-state index contributed by atoms with van der Waals surface area (Å²) in [6.45, 7) is 4.84. The first-order chi connectivity index (χ1) is 14.7. The van der Waals surface area contributed by atoms with E-state index in [2.05, 4.69) is 11.0 Å². The number of carbonyl (C=O) groups excluding carboxylic acids is 2. The van der Waals surface area contributed by atoms with Gasteiger partial charge in [0, 0.05) is 25.3 Å². The molecule has 6 heteroatoms. The maximum Gasteiger partial charge on any atom is 0.236 e. The summed E-state index contributed by atoms with van der Waals surface area (Å²) in [5.41, 5.74) is 1.97. The topological polar surface area (TPSA) is 53.1 Å². The quantitative estimate of drug-likeness (QED) is 0.738. The Kier molecular flexibility index (Phi) is 6.77. The Morgan fingerprint density at radius 2 is 1.77 bits per heavy atom. The average molecular weight is 407 g/mol. The molecule has 0 saturated carbocycles. The number of hydrogen-bond acceptors (Lipinski definition) is 4. The predicted molar refractivity (Wildman–Crippen MR) is 115 cm³/mol. The highest BCUT2D eigenvalue weighted by atomic mass is 16.5. The molecule has 4 rings (SSSR count). The third-order valence-electron chi connectivity index (χ3n) is 5.81. The van der Waals surface area contributed by atoms with Crippen LogP contribution in [0.15, 0.2) is 54.6 Å². The van der Waals surface area contributed by atoms with Gasteiger partial charge in [-0.3, -0.25) is 14.5 Å². The van der Waals surface area contributed by atoms with Crippen molar-refractivity contribution < 1.29 is 14.3 Å². The molecule has 2 fully saturated rings. The van der Waals surface area contributed by atoms with Gasteiger partial charge in [-0.15, -0.1) is 0 Å². The van der Waals surface area contributed by atoms with E-state index in [0.717, 1.165) is 24.2 Å². The van der Waals surface area contributed by atoms with Crippen LogP contribution in [0.3, 0.4) is 0 Å². The number of amides is 2. The van der Waals surface area contributed by atoms with Gasteiger partial charge in [0.05, 0.1) is 32.2 Å². The van der Waals surface area contributed by atoms with Gasteiger partial charge < -0.3 is 14.5 Å². The molecule has 157 valence electrons. The van der Waals surface area contributed by atoms with Crippen molar-refractivity contribution in [2.75, 3.05) is 50.8 Å². The Bertz CT molecular complexity index is 837. The second-order valence-electron chi connectivity index (χ2n) is 7.88. The van der Waals surface area contributed by atoms with E-state index in [1.165, 1.54) is 0 Å². The number of rotatable bonds is 6. The van der Waals surface area contributed by atoms with Gasteiger partial charge in [-0.1, -0.05) is 42.5 Å². The van der Waals surface area contributed by atoms with E-state index < -0.39 is 0 Å². The largest absolute Gasteiger partial charge is 0.378 e. The fraction of sp³-hybridized carbons (Fsp3) is 0.417. The highest BCUT2D eigenvalue weighted by Crippen LogP contribution is 2.24. The van der Waals surface area contributed by atoms with Crippen molar-refractivity contribution >= 4 is 17.5 Å². The predicted octanol–water partition coefficient (Wildman–Crippen LogP) is 2.20. The summed E-state index contributed by atoms with van der Waals surface area (Å²) in [6.07, 6.45) is 0.777. The van der Waals surface area contributed by atoms with Crippen LogP contribution >= 0.6 is 0 Å². The fourth-order valence-corrected chi connectivity index (χ4v) is 4.12. The highest BCUT2D eigenvalue weighted by Gasteiger charge is 2.33. The van der Waals surface area contributed by atoms with E-state index in [1.54, 1.807) is 0 Å². The molecule has 0 bridgehead atoms. The number of carbonyl (C=O) groups is 2. The van der Waals surface area contributed by atoms with Crippen molar-refractivity contribution in [1.29, 1.82) is 0 Å². The lowest BCUT2D eigenvalue weighted by atomic mass is 10.1. The first-order valence-corrected chi connectivity index (χ1v) is 10.6. The highest BCUT2D eigenvalue weighted by molar-refractivity contribution is 5.95. The molecule has 2 amide bonds. The van der Waals surface area contributed by atoms with Crippen LogP contribution in [0.4, 0.5) is 5.69 Å². The van der Waals surface area contributed by atoms with E-state index in [0.29, 0.717) is 45.9 Å². The number of nitrogens with zero attached hydrogens (tertiary/aromatic N) is 3. The zero-order valence-corrected chi connectivity index (χ0v) is 17.2. The van der Waals surface area contributed by atoms with Gasteiger partial charge in [0.1, 0.15) is 0 Å². The van der Waals surface area contributed by atoms with Crippen LogP contribution in [0, 0.1) is 12.0 Å². The smallest absolute Gasteiger partial charge is 0.236 e. The maximum absolute atomic E-state index is 13.5. The number of benzene rings is 2. The lowest BCUT2D eigenvalue weighted by molar-refractivity contribution is -0.136. The molecule has 30 heavy (non-hydrogen) atoms. The number of morpholine rings is 1. The van der Waals surface area contributed by atoms with Gasteiger partial charge in [0.2, 0.25) is 11.8 Å². The van der Waals surface area contributed by atoms with Crippen LogP contribution in [0.1, 0.15) is 12.0 Å². The van der Waals surface area contributed by atoms with Crippen molar-refractivity contribution in [3.63, 3.8) is 0 Å². The molecule has 2 aliphatic rings. The number of hydrogen-bond donors (Lipinski definition) is 0. The lowest BCUT2D eigenvalue weighted by Gasteiger charge is -2.29. The van der Waals surface area contributed by atoms with Crippen LogP contribution in [-0.4, -0.2) is 67.6 Å². The van der Waals surface area contributed by atoms with Crippen LogP contribution < -0.4 is 4.90 Å². The van der Waals surface area contributed by atoms with Gasteiger partial charge in [0.25, 0.3) is 0 Å². The molecule has 0 spiro atoms. The van der Waals surface area contributed by atoms with Crippen molar-refractivity contribution in [2.45, 2.75) is 13.0 Å². The molecule has 1 radical (unpaired) electrons. The Balaban J connectivity index is 1.41. The van der Waals surface area contributed by atoms with Crippen LogP contribution in [0.25, 0.3) is 0 Å². The summed E-state index contributed by atoms with van der Waals surface area (Å²) < 4.78 is 5.33. The van der Waals surface area contributed by atoms with E-state index >= 15 is 0 Å². The Hall–Kier alpha value is -2.70. The van der Waals surface area contributed by atoms with Crippen molar-refractivity contribution in [1.82, 2.24) is 9.80 Å². The third-order valence-corrected chi connectivity index (χ3v) is 5.81. The van der Waals surface area contributed by atoms with Crippen molar-refractivity contribution in [2.24, 2.45) is 5.92 Å². The van der Waals surface area contributed by atoms with Gasteiger partial charge in [-0.2, -0.15) is 0 Å². The minimum atomic E-state index is -0.101. The molecule has 2 saturated heterocycles. The molecule has 0 aromatic heterocycles. The van der Waals surface area contributed by atoms with E-state index in [1.807, 2.05) is 64.4 Å². The molecular weight excluding hydrogens is 378 g/mol. The first-order valence-electron chi connectivity index (χ1n) is 10.6. The summed E-state index contributed by atoms with van der Waals surface area (Å²) in [4.78, 5) is 31.9. The molecule has 0 N–H and O–H groups in total. The normalized spacial score (nSPS) is 19.6. The Morgan fingerprint density at radius 3 is 2.50 bits per heavy atom. The molecule has 2 heterocycles. The molecule has 6 nitrogen and oxygen atoms in total. The number of likely N-dealkylation sites (tertiary alicyclic amines) is 1. The zero-order valence-electron chi connectivity index (χ0n) is 17.2. The molecular formula is C24H28N3O3. The van der Waals surface area contributed by atoms with E-state index in [4.69, 9.17) is 4.74 Å². The van der Waals surface area contributed by atoms with Crippen molar-refractivity contribution in [3.05, 3.63) is 66.2 Å². The van der Waals surface area contributed by atoms with Crippen molar-refractivity contribution in [3.8, 4) is 0 Å². The standard InChI is InChI=1S/C24H28N3O3/c28-23(26-13-15-30-16-14-26)19-25-12-11-21(18-25)24(29)27(22-9-5-2-6-10-22)17-20-7-3-1-4-8-20/h1,3-10,21H,11-19H2/t21-/m1/s1. The molecule has 0 aliphatic carbocycles. The van der Waals surface area contributed by atoms with Crippen LogP contribution in [-0.2, 0) is 20.9 Å².